The van der Waals surface area contributed by atoms with Gasteiger partial charge in [0.2, 0.25) is 0 Å². The molecule has 168 valence electrons. The lowest BCUT2D eigenvalue weighted by Gasteiger charge is -2.30. The Kier molecular flexibility index (Phi) is 7.10. The number of amides is 1. The summed E-state index contributed by atoms with van der Waals surface area (Å²) < 4.78 is 13.7. The second-order valence-electron chi connectivity index (χ2n) is 8.41. The molecule has 31 heavy (non-hydrogen) atoms. The van der Waals surface area contributed by atoms with Crippen LogP contribution in [0.5, 0.6) is 0 Å². The van der Waals surface area contributed by atoms with Crippen LogP contribution < -0.4 is 10.6 Å². The number of nitrogens with one attached hydrogen (secondary N) is 2. The fraction of sp³-hybridized carbons (Fsp3) is 0.522. The monoisotopic (exact) mass is 431 g/mol. The number of hydrogen-bond acceptors (Lipinski definition) is 6. The largest absolute Gasteiger partial charge is 0.504 e. The Morgan fingerprint density at radius 3 is 2.68 bits per heavy atom. The van der Waals surface area contributed by atoms with Gasteiger partial charge in [-0.3, -0.25) is 19.7 Å². The number of rotatable bonds is 7. The zero-order valence-electron chi connectivity index (χ0n) is 18.2. The van der Waals surface area contributed by atoms with Crippen LogP contribution >= 0.6 is 0 Å². The first-order chi connectivity index (χ1) is 14.8. The van der Waals surface area contributed by atoms with Crippen molar-refractivity contribution in [2.75, 3.05) is 20.1 Å². The number of aliphatic hydroxyl groups excluding tert-OH is 1. The van der Waals surface area contributed by atoms with Gasteiger partial charge in [0.15, 0.2) is 17.8 Å². The Morgan fingerprint density at radius 2 is 2.10 bits per heavy atom. The van der Waals surface area contributed by atoms with Gasteiger partial charge in [-0.25, -0.2) is 4.39 Å². The van der Waals surface area contributed by atoms with E-state index in [1.54, 1.807) is 33.0 Å². The van der Waals surface area contributed by atoms with Crippen molar-refractivity contribution in [1.29, 1.82) is 0 Å². The van der Waals surface area contributed by atoms with Crippen molar-refractivity contribution in [2.45, 2.75) is 45.4 Å². The number of carbonyl (C=O) groups is 3. The van der Waals surface area contributed by atoms with Crippen LogP contribution in [0.2, 0.25) is 0 Å². The van der Waals surface area contributed by atoms with Gasteiger partial charge in [0.1, 0.15) is 6.17 Å². The molecule has 1 saturated heterocycles. The standard InChI is InChI=1S/C23H30FN3O4/c1-4-16(21-18(29)10-25-22(26-21)15-6-7-15)20(19(30)12-28)23(31)27(3)11-14-5-8-17(24)13(2)9-14/h5,8-9,12-13,15,17,22,25-26,30H,4,6-7,10-11H2,1-3H3/b20-19-,21-16-. The average Bonchev–Trinajstić information content (AvgIpc) is 3.59. The molecule has 0 aromatic rings. The Morgan fingerprint density at radius 1 is 1.39 bits per heavy atom. The molecule has 1 amide bonds. The van der Waals surface area contributed by atoms with Crippen molar-refractivity contribution >= 4 is 18.0 Å². The molecule has 8 heteroatoms. The van der Waals surface area contributed by atoms with Gasteiger partial charge in [0.05, 0.1) is 24.0 Å². The highest BCUT2D eigenvalue weighted by Crippen LogP contribution is 2.34. The van der Waals surface area contributed by atoms with Crippen molar-refractivity contribution < 1.29 is 23.9 Å². The van der Waals surface area contributed by atoms with E-state index < -0.39 is 17.8 Å². The van der Waals surface area contributed by atoms with Crippen LogP contribution in [0.4, 0.5) is 4.39 Å². The number of ketones is 1. The second-order valence-corrected chi connectivity index (χ2v) is 8.41. The van der Waals surface area contributed by atoms with E-state index in [1.165, 1.54) is 11.0 Å². The van der Waals surface area contributed by atoms with Crippen LogP contribution in [0.3, 0.4) is 0 Å². The number of alkyl halides is 1. The van der Waals surface area contributed by atoms with E-state index in [0.29, 0.717) is 11.5 Å². The molecule has 3 unspecified atom stereocenters. The van der Waals surface area contributed by atoms with Crippen molar-refractivity contribution in [1.82, 2.24) is 15.5 Å². The molecule has 3 aliphatic rings. The molecule has 2 fully saturated rings. The molecule has 7 nitrogen and oxygen atoms in total. The molecule has 2 aliphatic carbocycles. The summed E-state index contributed by atoms with van der Waals surface area (Å²) in [5, 5.41) is 16.7. The third kappa shape index (κ3) is 5.12. The second kappa shape index (κ2) is 9.60. The fourth-order valence-electron chi connectivity index (χ4n) is 4.00. The van der Waals surface area contributed by atoms with Gasteiger partial charge in [-0.15, -0.1) is 0 Å². The van der Waals surface area contributed by atoms with E-state index in [4.69, 9.17) is 0 Å². The van der Waals surface area contributed by atoms with Crippen LogP contribution in [0.25, 0.3) is 0 Å². The number of aldehydes is 1. The normalized spacial score (nSPS) is 28.3. The summed E-state index contributed by atoms with van der Waals surface area (Å²) in [5.74, 6) is -1.39. The lowest BCUT2D eigenvalue weighted by Crippen LogP contribution is -2.53. The molecule has 3 rings (SSSR count). The summed E-state index contributed by atoms with van der Waals surface area (Å²) in [7, 11) is 1.55. The van der Waals surface area contributed by atoms with E-state index in [2.05, 4.69) is 10.6 Å². The summed E-state index contributed by atoms with van der Waals surface area (Å²) in [6.07, 6.45) is 6.31. The van der Waals surface area contributed by atoms with Gasteiger partial charge < -0.3 is 15.3 Å². The molecular formula is C23H30FN3O4. The summed E-state index contributed by atoms with van der Waals surface area (Å²) in [6, 6.07) is 0. The first-order valence-corrected chi connectivity index (χ1v) is 10.7. The van der Waals surface area contributed by atoms with Crippen LogP contribution in [0.15, 0.2) is 46.4 Å². The van der Waals surface area contributed by atoms with Gasteiger partial charge in [-0.1, -0.05) is 26.0 Å². The van der Waals surface area contributed by atoms with Gasteiger partial charge in [-0.2, -0.15) is 0 Å². The van der Waals surface area contributed by atoms with Crippen LogP contribution in [0.1, 0.15) is 33.1 Å². The van der Waals surface area contributed by atoms with Gasteiger partial charge in [0.25, 0.3) is 5.91 Å². The number of Topliss-reactive ketones (excluding diaryl/α,β-unsaturated/α-hetero) is 1. The summed E-state index contributed by atoms with van der Waals surface area (Å²) in [4.78, 5) is 38.7. The Labute approximate surface area is 181 Å². The van der Waals surface area contributed by atoms with Crippen LogP contribution in [0, 0.1) is 11.8 Å². The number of carbonyl (C=O) groups excluding carboxylic acids is 3. The van der Waals surface area contributed by atoms with E-state index in [-0.39, 0.29) is 54.9 Å². The molecule has 3 atom stereocenters. The van der Waals surface area contributed by atoms with E-state index in [0.717, 1.165) is 18.4 Å². The molecule has 0 spiro atoms. The number of hydrogen-bond donors (Lipinski definition) is 3. The maximum Gasteiger partial charge on any atom is 0.258 e. The minimum Gasteiger partial charge on any atom is -0.504 e. The smallest absolute Gasteiger partial charge is 0.258 e. The predicted molar refractivity (Wildman–Crippen MR) is 115 cm³/mol. The molecule has 3 N–H and O–H groups in total. The molecule has 0 bridgehead atoms. The average molecular weight is 432 g/mol. The topological polar surface area (TPSA) is 98.7 Å². The minimum absolute atomic E-state index is 0.0747. The first kappa shape index (κ1) is 22.9. The predicted octanol–water partition coefficient (Wildman–Crippen LogP) is 2.09. The van der Waals surface area contributed by atoms with Crippen LogP contribution in [-0.4, -0.2) is 60.5 Å². The molecule has 0 radical (unpaired) electrons. The summed E-state index contributed by atoms with van der Waals surface area (Å²) in [5.41, 5.74) is 1.18. The number of nitrogens with zero attached hydrogens (tertiary/aromatic N) is 1. The highest BCUT2D eigenvalue weighted by Gasteiger charge is 2.37. The lowest BCUT2D eigenvalue weighted by atomic mass is 9.94. The minimum atomic E-state index is -1.06. The highest BCUT2D eigenvalue weighted by molar-refractivity contribution is 6.06. The van der Waals surface area contributed by atoms with Crippen LogP contribution in [-0.2, 0) is 14.4 Å². The third-order valence-corrected chi connectivity index (χ3v) is 5.93. The maximum atomic E-state index is 13.7. The lowest BCUT2D eigenvalue weighted by molar-refractivity contribution is -0.125. The zero-order chi connectivity index (χ0) is 22.7. The number of likely N-dealkylation sites (N-methyl/N-ethyl adjacent to an activating group) is 1. The van der Waals surface area contributed by atoms with Crippen molar-refractivity contribution in [2.24, 2.45) is 11.8 Å². The SMILES string of the molecule is CCC(=C1/NC(C2CC2)NCC1=O)/C(C(=O)N(C)CC1=CC(C)C(F)C=C1)=C(/O)C=O. The Balaban J connectivity index is 1.90. The van der Waals surface area contributed by atoms with Gasteiger partial charge in [0, 0.05) is 19.5 Å². The third-order valence-electron chi connectivity index (χ3n) is 5.93. The summed E-state index contributed by atoms with van der Waals surface area (Å²) >= 11 is 0. The quantitative estimate of drug-likeness (QED) is 0.324. The Hall–Kier alpha value is -2.74. The molecule has 1 heterocycles. The van der Waals surface area contributed by atoms with E-state index in [9.17, 15) is 23.9 Å². The Bertz CT molecular complexity index is 885. The number of halogens is 1. The van der Waals surface area contributed by atoms with Crippen molar-refractivity contribution in [3.63, 3.8) is 0 Å². The molecule has 0 aromatic heterocycles. The number of allylic oxidation sites excluding steroid dienone is 3. The molecule has 1 aliphatic heterocycles. The van der Waals surface area contributed by atoms with Gasteiger partial charge >= 0.3 is 0 Å². The zero-order valence-corrected chi connectivity index (χ0v) is 18.2. The number of aliphatic hydroxyl groups is 1. The van der Waals surface area contributed by atoms with Crippen molar-refractivity contribution in [3.05, 3.63) is 46.4 Å². The van der Waals surface area contributed by atoms with E-state index >= 15 is 0 Å². The fourth-order valence-corrected chi connectivity index (χ4v) is 4.00. The van der Waals surface area contributed by atoms with E-state index in [1.807, 2.05) is 0 Å². The molecule has 0 aromatic carbocycles. The first-order valence-electron chi connectivity index (χ1n) is 10.7. The summed E-state index contributed by atoms with van der Waals surface area (Å²) in [6.45, 7) is 3.84. The molecular weight excluding hydrogens is 401 g/mol. The highest BCUT2D eigenvalue weighted by atomic mass is 19.1. The van der Waals surface area contributed by atoms with Crippen molar-refractivity contribution in [3.8, 4) is 0 Å². The molecule has 1 saturated carbocycles. The van der Waals surface area contributed by atoms with Gasteiger partial charge in [-0.05, 0) is 42.4 Å². The maximum absolute atomic E-state index is 13.7.